The number of hydrogen-bond acceptors (Lipinski definition) is 6. The lowest BCUT2D eigenvalue weighted by Crippen LogP contribution is -2.21. The van der Waals surface area contributed by atoms with E-state index in [1.165, 1.54) is 25.7 Å². The number of nitrogens with zero attached hydrogens (tertiary/aromatic N) is 4. The van der Waals surface area contributed by atoms with Crippen molar-refractivity contribution in [3.63, 3.8) is 0 Å². The maximum Gasteiger partial charge on any atom is 0.411 e. The van der Waals surface area contributed by atoms with Gasteiger partial charge in [-0.1, -0.05) is 43.5 Å². The van der Waals surface area contributed by atoms with Gasteiger partial charge in [0.25, 0.3) is 5.90 Å². The highest BCUT2D eigenvalue weighted by Gasteiger charge is 2.33. The van der Waals surface area contributed by atoms with Gasteiger partial charge >= 0.3 is 6.09 Å². The van der Waals surface area contributed by atoms with Crippen molar-refractivity contribution in [2.75, 3.05) is 0 Å². The SMILES string of the molecule is C[C@H]1CC[C@H](Cn2c(C3CC3)nc3nc(C(=N)OC(N)=O)nc(-c4cccc(Cl)c4)c32)CC1. The number of amides is 1. The Morgan fingerprint density at radius 2 is 1.94 bits per heavy atom. The highest BCUT2D eigenvalue weighted by Crippen LogP contribution is 2.43. The van der Waals surface area contributed by atoms with Crippen LogP contribution in [0.1, 0.15) is 63.0 Å². The number of ether oxygens (including phenoxy) is 1. The Bertz CT molecular complexity index is 1230. The Kier molecular flexibility index (Phi) is 5.78. The Hall–Kier alpha value is -3.00. The van der Waals surface area contributed by atoms with Crippen LogP contribution in [0.3, 0.4) is 0 Å². The van der Waals surface area contributed by atoms with Crippen molar-refractivity contribution in [3.8, 4) is 11.3 Å². The lowest BCUT2D eigenvalue weighted by atomic mass is 9.83. The first-order valence-corrected chi connectivity index (χ1v) is 11.9. The van der Waals surface area contributed by atoms with Gasteiger partial charge in [-0.25, -0.2) is 19.7 Å². The molecule has 2 fully saturated rings. The van der Waals surface area contributed by atoms with Gasteiger partial charge in [-0.05, 0) is 49.7 Å². The van der Waals surface area contributed by atoms with Crippen molar-refractivity contribution in [1.29, 1.82) is 5.41 Å². The highest BCUT2D eigenvalue weighted by atomic mass is 35.5. The van der Waals surface area contributed by atoms with Crippen LogP contribution in [0, 0.1) is 17.2 Å². The van der Waals surface area contributed by atoms with Gasteiger partial charge in [0.05, 0.1) is 0 Å². The fourth-order valence-electron chi connectivity index (χ4n) is 4.75. The molecule has 8 nitrogen and oxygen atoms in total. The van der Waals surface area contributed by atoms with Crippen LogP contribution in [-0.4, -0.2) is 31.5 Å². The molecule has 2 aliphatic carbocycles. The molecule has 2 heterocycles. The standard InChI is InChI=1S/C24H27ClN6O2/c1-13-5-7-14(8-6-13)12-31-19-18(16-3-2-4-17(25)11-16)28-22(20(26)33-24(27)32)29-21(19)30-23(31)15-9-10-15/h2-4,11,13-15,26H,5-10,12H2,1H3,(H2,27,32)/t13-,14-. The largest absolute Gasteiger partial charge is 0.411 e. The smallest absolute Gasteiger partial charge is 0.388 e. The van der Waals surface area contributed by atoms with Crippen LogP contribution in [0.15, 0.2) is 24.3 Å². The maximum absolute atomic E-state index is 11.2. The molecule has 0 unspecified atom stereocenters. The van der Waals surface area contributed by atoms with Gasteiger partial charge in [0, 0.05) is 23.0 Å². The second-order valence-electron chi connectivity index (χ2n) is 9.31. The molecule has 2 aromatic heterocycles. The Morgan fingerprint density at radius 1 is 1.18 bits per heavy atom. The molecule has 1 amide bonds. The average Bonchev–Trinajstić information content (AvgIpc) is 3.56. The van der Waals surface area contributed by atoms with Crippen LogP contribution in [0.4, 0.5) is 4.79 Å². The topological polar surface area (TPSA) is 120 Å². The van der Waals surface area contributed by atoms with E-state index in [-0.39, 0.29) is 5.82 Å². The molecular weight excluding hydrogens is 440 g/mol. The van der Waals surface area contributed by atoms with E-state index in [1.807, 2.05) is 18.2 Å². The van der Waals surface area contributed by atoms with E-state index in [2.05, 4.69) is 21.5 Å². The third-order valence-corrected chi connectivity index (χ3v) is 6.89. The predicted octanol–water partition coefficient (Wildman–Crippen LogP) is 5.27. The van der Waals surface area contributed by atoms with Gasteiger partial charge in [-0.3, -0.25) is 5.41 Å². The van der Waals surface area contributed by atoms with Gasteiger partial charge in [-0.2, -0.15) is 0 Å². The molecule has 172 valence electrons. The first-order valence-electron chi connectivity index (χ1n) is 11.5. The Morgan fingerprint density at radius 3 is 2.61 bits per heavy atom. The first kappa shape index (κ1) is 21.8. The van der Waals surface area contributed by atoms with Crippen molar-refractivity contribution >= 4 is 34.8 Å². The zero-order chi connectivity index (χ0) is 23.1. The molecule has 0 bridgehead atoms. The number of carbonyl (C=O) groups is 1. The minimum Gasteiger partial charge on any atom is -0.388 e. The number of rotatable bonds is 5. The number of carbonyl (C=O) groups excluding carboxylic acids is 1. The van der Waals surface area contributed by atoms with Crippen LogP contribution < -0.4 is 5.73 Å². The molecule has 3 aromatic rings. The van der Waals surface area contributed by atoms with Crippen molar-refractivity contribution in [3.05, 3.63) is 40.9 Å². The quantitative estimate of drug-likeness (QED) is 0.392. The summed E-state index contributed by atoms with van der Waals surface area (Å²) in [5.74, 6) is 2.28. The zero-order valence-corrected chi connectivity index (χ0v) is 19.3. The summed E-state index contributed by atoms with van der Waals surface area (Å²) >= 11 is 6.30. The van der Waals surface area contributed by atoms with Gasteiger partial charge in [0.2, 0.25) is 5.82 Å². The summed E-state index contributed by atoms with van der Waals surface area (Å²) in [6.07, 6.45) is 6.04. The van der Waals surface area contributed by atoms with Crippen molar-refractivity contribution in [2.45, 2.75) is 57.9 Å². The molecule has 33 heavy (non-hydrogen) atoms. The zero-order valence-electron chi connectivity index (χ0n) is 18.6. The van der Waals surface area contributed by atoms with Crippen LogP contribution in [0.5, 0.6) is 0 Å². The molecule has 9 heteroatoms. The molecule has 0 radical (unpaired) electrons. The molecule has 0 saturated heterocycles. The van der Waals surface area contributed by atoms with E-state index in [4.69, 9.17) is 32.5 Å². The van der Waals surface area contributed by atoms with E-state index < -0.39 is 12.0 Å². The number of primary amides is 1. The summed E-state index contributed by atoms with van der Waals surface area (Å²) in [6.45, 7) is 3.20. The predicted molar refractivity (Wildman–Crippen MR) is 126 cm³/mol. The van der Waals surface area contributed by atoms with Gasteiger partial charge < -0.3 is 15.0 Å². The molecule has 0 aliphatic heterocycles. The average molecular weight is 467 g/mol. The van der Waals surface area contributed by atoms with Gasteiger partial charge in [0.15, 0.2) is 5.65 Å². The number of fused-ring (bicyclic) bond motifs is 1. The molecule has 0 atom stereocenters. The Balaban J connectivity index is 1.67. The fourth-order valence-corrected chi connectivity index (χ4v) is 4.94. The summed E-state index contributed by atoms with van der Waals surface area (Å²) in [5.41, 5.74) is 7.87. The second-order valence-corrected chi connectivity index (χ2v) is 9.75. The minimum absolute atomic E-state index is 0.0326. The monoisotopic (exact) mass is 466 g/mol. The first-order chi connectivity index (χ1) is 15.9. The summed E-state index contributed by atoms with van der Waals surface area (Å²) < 4.78 is 7.06. The number of halogens is 1. The third-order valence-electron chi connectivity index (χ3n) is 6.66. The van der Waals surface area contributed by atoms with E-state index in [0.717, 1.165) is 42.2 Å². The van der Waals surface area contributed by atoms with E-state index in [9.17, 15) is 4.79 Å². The lowest BCUT2D eigenvalue weighted by molar-refractivity contribution is 0.207. The number of hydrogen-bond donors (Lipinski definition) is 2. The molecule has 2 aliphatic rings. The number of benzene rings is 1. The number of nitrogens with two attached hydrogens (primary N) is 1. The number of nitrogens with one attached hydrogen (secondary N) is 1. The fraction of sp³-hybridized carbons (Fsp3) is 0.458. The minimum atomic E-state index is -1.08. The van der Waals surface area contributed by atoms with E-state index in [0.29, 0.717) is 28.2 Å². The van der Waals surface area contributed by atoms with E-state index >= 15 is 0 Å². The summed E-state index contributed by atoms with van der Waals surface area (Å²) in [6, 6.07) is 7.43. The molecule has 3 N–H and O–H groups in total. The molecular formula is C24H27ClN6O2. The second kappa shape index (κ2) is 8.74. The highest BCUT2D eigenvalue weighted by molar-refractivity contribution is 6.30. The molecule has 2 saturated carbocycles. The van der Waals surface area contributed by atoms with Crippen LogP contribution >= 0.6 is 11.6 Å². The number of imidazole rings is 1. The van der Waals surface area contributed by atoms with Crippen LogP contribution in [0.2, 0.25) is 5.02 Å². The lowest BCUT2D eigenvalue weighted by Gasteiger charge is -2.27. The summed E-state index contributed by atoms with van der Waals surface area (Å²) in [7, 11) is 0. The molecule has 0 spiro atoms. The van der Waals surface area contributed by atoms with Crippen molar-refractivity contribution in [1.82, 2.24) is 19.5 Å². The van der Waals surface area contributed by atoms with Crippen LogP contribution in [-0.2, 0) is 11.3 Å². The van der Waals surface area contributed by atoms with Gasteiger partial charge in [-0.15, -0.1) is 0 Å². The normalized spacial score (nSPS) is 20.7. The van der Waals surface area contributed by atoms with Gasteiger partial charge in [0.1, 0.15) is 17.0 Å². The maximum atomic E-state index is 11.2. The summed E-state index contributed by atoms with van der Waals surface area (Å²) in [4.78, 5) is 25.2. The summed E-state index contributed by atoms with van der Waals surface area (Å²) in [5, 5.41) is 8.69. The molecule has 1 aromatic carbocycles. The van der Waals surface area contributed by atoms with Crippen molar-refractivity contribution in [2.24, 2.45) is 17.6 Å². The Labute approximate surface area is 197 Å². The van der Waals surface area contributed by atoms with Crippen LogP contribution in [0.25, 0.3) is 22.4 Å². The van der Waals surface area contributed by atoms with E-state index in [1.54, 1.807) is 6.07 Å². The third kappa shape index (κ3) is 4.57. The van der Waals surface area contributed by atoms with Crippen molar-refractivity contribution < 1.29 is 9.53 Å². The molecule has 5 rings (SSSR count). The number of aromatic nitrogens is 4.